The summed E-state index contributed by atoms with van der Waals surface area (Å²) in [4.78, 5) is 4.07. The summed E-state index contributed by atoms with van der Waals surface area (Å²) in [6, 6.07) is 4.75. The van der Waals surface area contributed by atoms with Crippen LogP contribution < -0.4 is 5.32 Å². The first-order chi connectivity index (χ1) is 8.31. The molecule has 3 unspecified atom stereocenters. The van der Waals surface area contributed by atoms with Gasteiger partial charge in [-0.05, 0) is 49.4 Å². The van der Waals surface area contributed by atoms with E-state index in [0.29, 0.717) is 17.9 Å². The van der Waals surface area contributed by atoms with Gasteiger partial charge in [-0.25, -0.2) is 0 Å². The second kappa shape index (κ2) is 6.12. The van der Waals surface area contributed by atoms with Crippen molar-refractivity contribution in [2.75, 3.05) is 20.3 Å². The van der Waals surface area contributed by atoms with Crippen LogP contribution in [0.25, 0.3) is 0 Å². The van der Waals surface area contributed by atoms with Crippen LogP contribution in [0.2, 0.25) is 0 Å². The molecule has 2 rings (SSSR count). The topological polar surface area (TPSA) is 34.2 Å². The van der Waals surface area contributed by atoms with Gasteiger partial charge in [-0.1, -0.05) is 6.92 Å². The number of nitrogens with one attached hydrogen (secondary N) is 1. The molecule has 3 heteroatoms. The van der Waals surface area contributed by atoms with Gasteiger partial charge in [-0.2, -0.15) is 0 Å². The molecule has 1 fully saturated rings. The quantitative estimate of drug-likeness (QED) is 0.864. The lowest BCUT2D eigenvalue weighted by atomic mass is 9.81. The van der Waals surface area contributed by atoms with Crippen LogP contribution in [0.1, 0.15) is 18.9 Å². The van der Waals surface area contributed by atoms with Gasteiger partial charge in [0, 0.05) is 31.6 Å². The van der Waals surface area contributed by atoms with E-state index in [0.717, 1.165) is 26.1 Å². The molecule has 0 amide bonds. The third kappa shape index (κ3) is 3.27. The summed E-state index contributed by atoms with van der Waals surface area (Å²) < 4.78 is 5.52. The van der Waals surface area contributed by atoms with E-state index >= 15 is 0 Å². The van der Waals surface area contributed by atoms with Crippen LogP contribution in [0.4, 0.5) is 0 Å². The third-order valence-electron chi connectivity index (χ3n) is 3.80. The number of rotatable bonds is 4. The average molecular weight is 234 g/mol. The van der Waals surface area contributed by atoms with E-state index < -0.39 is 0 Å². The van der Waals surface area contributed by atoms with Crippen LogP contribution in [0, 0.1) is 11.8 Å². The Kier molecular flexibility index (Phi) is 4.51. The number of aromatic nitrogens is 1. The van der Waals surface area contributed by atoms with Crippen molar-refractivity contribution in [3.05, 3.63) is 30.1 Å². The molecule has 1 saturated heterocycles. The Balaban J connectivity index is 2.00. The van der Waals surface area contributed by atoms with Gasteiger partial charge >= 0.3 is 0 Å². The summed E-state index contributed by atoms with van der Waals surface area (Å²) in [5.74, 6) is 1.35. The van der Waals surface area contributed by atoms with Gasteiger partial charge in [0.25, 0.3) is 0 Å². The standard InChI is InChI=1S/C14H22N2O/c1-11-10-17-8-5-13(11)14(15-2)9-12-3-6-16-7-4-12/h3-4,6-7,11,13-15H,5,8-10H2,1-2H3. The Morgan fingerprint density at radius 1 is 1.47 bits per heavy atom. The van der Waals surface area contributed by atoms with E-state index in [4.69, 9.17) is 4.74 Å². The lowest BCUT2D eigenvalue weighted by molar-refractivity contribution is 0.0119. The van der Waals surface area contributed by atoms with Crippen molar-refractivity contribution < 1.29 is 4.74 Å². The summed E-state index contributed by atoms with van der Waals surface area (Å²) in [6.07, 6.45) is 5.98. The summed E-state index contributed by atoms with van der Waals surface area (Å²) in [7, 11) is 2.06. The zero-order chi connectivity index (χ0) is 12.1. The summed E-state index contributed by atoms with van der Waals surface area (Å²) >= 11 is 0. The van der Waals surface area contributed by atoms with Crippen molar-refractivity contribution >= 4 is 0 Å². The highest BCUT2D eigenvalue weighted by molar-refractivity contribution is 5.12. The van der Waals surface area contributed by atoms with Crippen LogP contribution in [0.5, 0.6) is 0 Å². The maximum atomic E-state index is 5.52. The number of hydrogen-bond donors (Lipinski definition) is 1. The molecule has 3 nitrogen and oxygen atoms in total. The number of ether oxygens (including phenoxy) is 1. The number of hydrogen-bond acceptors (Lipinski definition) is 3. The molecule has 0 bridgehead atoms. The molecular weight excluding hydrogens is 212 g/mol. The van der Waals surface area contributed by atoms with E-state index in [-0.39, 0.29) is 0 Å². The van der Waals surface area contributed by atoms with Crippen LogP contribution >= 0.6 is 0 Å². The molecule has 94 valence electrons. The maximum Gasteiger partial charge on any atom is 0.0494 e. The van der Waals surface area contributed by atoms with Gasteiger partial charge in [0.1, 0.15) is 0 Å². The first-order valence-corrected chi connectivity index (χ1v) is 6.45. The first kappa shape index (κ1) is 12.5. The first-order valence-electron chi connectivity index (χ1n) is 6.45. The van der Waals surface area contributed by atoms with Gasteiger partial charge < -0.3 is 10.1 Å². The van der Waals surface area contributed by atoms with Crippen molar-refractivity contribution in [2.45, 2.75) is 25.8 Å². The van der Waals surface area contributed by atoms with E-state index in [2.05, 4.69) is 36.4 Å². The van der Waals surface area contributed by atoms with E-state index in [1.165, 1.54) is 5.56 Å². The van der Waals surface area contributed by atoms with Crippen molar-refractivity contribution in [3.63, 3.8) is 0 Å². The molecular formula is C14H22N2O. The highest BCUT2D eigenvalue weighted by Crippen LogP contribution is 2.26. The maximum absolute atomic E-state index is 5.52. The predicted octanol–water partition coefficient (Wildman–Crippen LogP) is 1.88. The van der Waals surface area contributed by atoms with Gasteiger partial charge in [-0.15, -0.1) is 0 Å². The van der Waals surface area contributed by atoms with Crippen molar-refractivity contribution in [1.82, 2.24) is 10.3 Å². The Hall–Kier alpha value is -0.930. The van der Waals surface area contributed by atoms with Crippen molar-refractivity contribution in [3.8, 4) is 0 Å². The van der Waals surface area contributed by atoms with E-state index in [1.54, 1.807) is 0 Å². The SMILES string of the molecule is CNC(Cc1ccncc1)C1CCOCC1C. The molecule has 3 atom stereocenters. The predicted molar refractivity (Wildman–Crippen MR) is 68.9 cm³/mol. The minimum Gasteiger partial charge on any atom is -0.381 e. The molecule has 1 aromatic heterocycles. The summed E-state index contributed by atoms with van der Waals surface area (Å²) in [5.41, 5.74) is 1.36. The van der Waals surface area contributed by atoms with Gasteiger partial charge in [0.05, 0.1) is 0 Å². The molecule has 1 aromatic rings. The lowest BCUT2D eigenvalue weighted by Crippen LogP contribution is -2.42. The Labute approximate surface area is 104 Å². The minimum absolute atomic E-state index is 0.538. The van der Waals surface area contributed by atoms with Gasteiger partial charge in [0.2, 0.25) is 0 Å². The fraction of sp³-hybridized carbons (Fsp3) is 0.643. The Morgan fingerprint density at radius 2 is 2.24 bits per heavy atom. The summed E-state index contributed by atoms with van der Waals surface area (Å²) in [6.45, 7) is 4.10. The smallest absolute Gasteiger partial charge is 0.0494 e. The monoisotopic (exact) mass is 234 g/mol. The minimum atomic E-state index is 0.538. The van der Waals surface area contributed by atoms with Crippen LogP contribution in [-0.2, 0) is 11.2 Å². The molecule has 0 spiro atoms. The number of nitrogens with zero attached hydrogens (tertiary/aromatic N) is 1. The Bertz CT molecular complexity index is 328. The van der Waals surface area contributed by atoms with Crippen molar-refractivity contribution in [2.24, 2.45) is 11.8 Å². The second-order valence-electron chi connectivity index (χ2n) is 4.96. The molecule has 1 aliphatic rings. The largest absolute Gasteiger partial charge is 0.381 e. The zero-order valence-electron chi connectivity index (χ0n) is 10.7. The average Bonchev–Trinajstić information content (AvgIpc) is 2.38. The highest BCUT2D eigenvalue weighted by atomic mass is 16.5. The molecule has 1 N–H and O–H groups in total. The van der Waals surface area contributed by atoms with Crippen LogP contribution in [-0.4, -0.2) is 31.3 Å². The molecule has 0 aromatic carbocycles. The van der Waals surface area contributed by atoms with Gasteiger partial charge in [-0.3, -0.25) is 4.98 Å². The van der Waals surface area contributed by atoms with E-state index in [9.17, 15) is 0 Å². The van der Waals surface area contributed by atoms with Crippen molar-refractivity contribution in [1.29, 1.82) is 0 Å². The zero-order valence-corrected chi connectivity index (χ0v) is 10.7. The summed E-state index contributed by atoms with van der Waals surface area (Å²) in [5, 5.41) is 3.47. The molecule has 2 heterocycles. The molecule has 17 heavy (non-hydrogen) atoms. The van der Waals surface area contributed by atoms with E-state index in [1.807, 2.05) is 12.4 Å². The Morgan fingerprint density at radius 3 is 2.88 bits per heavy atom. The molecule has 0 saturated carbocycles. The van der Waals surface area contributed by atoms with Crippen LogP contribution in [0.15, 0.2) is 24.5 Å². The normalized spacial score (nSPS) is 26.7. The van der Waals surface area contributed by atoms with Gasteiger partial charge in [0.15, 0.2) is 0 Å². The number of pyridine rings is 1. The lowest BCUT2D eigenvalue weighted by Gasteiger charge is -2.35. The third-order valence-corrected chi connectivity index (χ3v) is 3.80. The highest BCUT2D eigenvalue weighted by Gasteiger charge is 2.28. The second-order valence-corrected chi connectivity index (χ2v) is 4.96. The fourth-order valence-electron chi connectivity index (χ4n) is 2.73. The number of likely N-dealkylation sites (N-methyl/N-ethyl adjacent to an activating group) is 1. The molecule has 1 aliphatic heterocycles. The molecule has 0 radical (unpaired) electrons. The van der Waals surface area contributed by atoms with Crippen LogP contribution in [0.3, 0.4) is 0 Å². The fourth-order valence-corrected chi connectivity index (χ4v) is 2.73. The molecule has 0 aliphatic carbocycles.